The number of esters is 1. The van der Waals surface area contributed by atoms with Gasteiger partial charge in [0, 0.05) is 5.56 Å². The number of benzene rings is 2. The van der Waals surface area contributed by atoms with Crippen LogP contribution in [0.5, 0.6) is 17.2 Å². The zero-order chi connectivity index (χ0) is 24.5. The van der Waals surface area contributed by atoms with Crippen LogP contribution in [0.3, 0.4) is 0 Å². The maximum atomic E-state index is 13.9. The third-order valence-corrected chi connectivity index (χ3v) is 5.50. The first-order chi connectivity index (χ1) is 15.4. The first-order valence-electron chi connectivity index (χ1n) is 10.7. The summed E-state index contributed by atoms with van der Waals surface area (Å²) < 4.78 is 16.7. The van der Waals surface area contributed by atoms with Gasteiger partial charge in [0.15, 0.2) is 23.4 Å². The second-order valence-electron chi connectivity index (χ2n) is 9.01. The summed E-state index contributed by atoms with van der Waals surface area (Å²) in [5.41, 5.74) is 1.17. The van der Waals surface area contributed by atoms with Crippen molar-refractivity contribution in [1.82, 2.24) is 0 Å². The Morgan fingerprint density at radius 1 is 1.21 bits per heavy atom. The van der Waals surface area contributed by atoms with Gasteiger partial charge < -0.3 is 24.4 Å². The van der Waals surface area contributed by atoms with Crippen LogP contribution in [0.2, 0.25) is 0 Å². The average molecular weight is 455 g/mol. The average Bonchev–Trinajstić information content (AvgIpc) is 2.75. The fraction of sp³-hybridized carbons (Fsp3) is 0.385. The van der Waals surface area contributed by atoms with Crippen molar-refractivity contribution < 1.29 is 34.0 Å². The highest BCUT2D eigenvalue weighted by atomic mass is 16.6. The molecule has 0 spiro atoms. The van der Waals surface area contributed by atoms with Crippen LogP contribution in [0, 0.1) is 6.92 Å². The topological polar surface area (TPSA) is 102 Å². The Balaban J connectivity index is 2.24. The summed E-state index contributed by atoms with van der Waals surface area (Å²) in [5, 5.41) is 20.9. The van der Waals surface area contributed by atoms with Gasteiger partial charge in [0.05, 0.1) is 18.3 Å². The number of fused-ring (bicyclic) bond motifs is 1. The van der Waals surface area contributed by atoms with Crippen LogP contribution in [0.15, 0.2) is 35.9 Å². The highest BCUT2D eigenvalue weighted by Crippen LogP contribution is 2.40. The largest absolute Gasteiger partial charge is 0.507 e. The number of phenolic OH excluding ortho intramolecular Hbond substituents is 1. The van der Waals surface area contributed by atoms with E-state index in [2.05, 4.69) is 0 Å². The van der Waals surface area contributed by atoms with Gasteiger partial charge in [-0.25, -0.2) is 4.79 Å². The molecule has 0 amide bonds. The van der Waals surface area contributed by atoms with Crippen molar-refractivity contribution in [2.24, 2.45) is 0 Å². The molecule has 0 saturated carbocycles. The van der Waals surface area contributed by atoms with Crippen LogP contribution in [0.25, 0.3) is 0 Å². The molecule has 7 nitrogen and oxygen atoms in total. The van der Waals surface area contributed by atoms with Gasteiger partial charge >= 0.3 is 5.97 Å². The zero-order valence-corrected chi connectivity index (χ0v) is 19.8. The number of methoxy groups -OCH3 is 1. The lowest BCUT2D eigenvalue weighted by atomic mass is 9.89. The molecule has 33 heavy (non-hydrogen) atoms. The Morgan fingerprint density at radius 2 is 1.91 bits per heavy atom. The standard InChI is InChI=1S/C26H30O7/c1-14(2)7-8-16-9-10-18(27)22(25(29)31-6)21(16)23(28)17-11-15(3)12-19-24(17)33-20(13-32-19)26(4,5)30/h7,9-12,20,27,30H,8,13H2,1-6H3/t20-/m0/s1. The third kappa shape index (κ3) is 5.03. The number of carbonyl (C=O) groups is 2. The van der Waals surface area contributed by atoms with Gasteiger partial charge in [-0.05, 0) is 70.4 Å². The maximum absolute atomic E-state index is 13.9. The Labute approximate surface area is 193 Å². The summed E-state index contributed by atoms with van der Waals surface area (Å²) >= 11 is 0. The van der Waals surface area contributed by atoms with E-state index >= 15 is 0 Å². The number of ketones is 1. The molecule has 0 unspecified atom stereocenters. The predicted molar refractivity (Wildman–Crippen MR) is 123 cm³/mol. The van der Waals surface area contributed by atoms with Crippen LogP contribution in [0.4, 0.5) is 0 Å². The normalized spacial score (nSPS) is 15.1. The SMILES string of the molecule is COC(=O)c1c(O)ccc(CC=C(C)C)c1C(=O)c1cc(C)cc2c1O[C@H](C(C)(C)O)CO2. The maximum Gasteiger partial charge on any atom is 0.342 e. The molecule has 1 aliphatic heterocycles. The number of aliphatic hydroxyl groups is 1. The molecule has 1 aliphatic rings. The fourth-order valence-corrected chi connectivity index (χ4v) is 3.65. The molecule has 7 heteroatoms. The van der Waals surface area contributed by atoms with Gasteiger partial charge in [0.2, 0.25) is 0 Å². The summed E-state index contributed by atoms with van der Waals surface area (Å²) in [6.45, 7) is 9.01. The molecule has 1 heterocycles. The minimum atomic E-state index is -1.21. The van der Waals surface area contributed by atoms with Crippen LogP contribution in [-0.4, -0.2) is 47.4 Å². The van der Waals surface area contributed by atoms with E-state index in [1.807, 2.05) is 26.8 Å². The molecule has 0 saturated heterocycles. The molecular formula is C26H30O7. The number of hydrogen-bond donors (Lipinski definition) is 2. The van der Waals surface area contributed by atoms with Crippen molar-refractivity contribution in [3.8, 4) is 17.2 Å². The molecule has 1 atom stereocenters. The number of phenols is 1. The Kier molecular flexibility index (Phi) is 6.84. The molecule has 2 aromatic carbocycles. The van der Waals surface area contributed by atoms with E-state index in [1.54, 1.807) is 32.0 Å². The number of rotatable bonds is 6. The van der Waals surface area contributed by atoms with Crippen molar-refractivity contribution >= 4 is 11.8 Å². The molecule has 176 valence electrons. The van der Waals surface area contributed by atoms with Gasteiger partial charge in [-0.3, -0.25) is 4.79 Å². The van der Waals surface area contributed by atoms with Crippen molar-refractivity contribution in [1.29, 1.82) is 0 Å². The lowest BCUT2D eigenvalue weighted by Crippen LogP contribution is -2.46. The number of aromatic hydroxyl groups is 1. The van der Waals surface area contributed by atoms with Gasteiger partial charge in [-0.1, -0.05) is 17.7 Å². The monoisotopic (exact) mass is 454 g/mol. The van der Waals surface area contributed by atoms with Gasteiger partial charge in [-0.15, -0.1) is 0 Å². The van der Waals surface area contributed by atoms with Gasteiger partial charge in [0.1, 0.15) is 17.9 Å². The first kappa shape index (κ1) is 24.3. The lowest BCUT2D eigenvalue weighted by Gasteiger charge is -2.35. The fourth-order valence-electron chi connectivity index (χ4n) is 3.65. The van der Waals surface area contributed by atoms with Crippen LogP contribution < -0.4 is 9.47 Å². The summed E-state index contributed by atoms with van der Waals surface area (Å²) in [5.74, 6) is -1.11. The summed E-state index contributed by atoms with van der Waals surface area (Å²) in [6.07, 6.45) is 1.61. The molecule has 0 bridgehead atoms. The van der Waals surface area contributed by atoms with E-state index in [0.29, 0.717) is 17.7 Å². The molecule has 2 N–H and O–H groups in total. The minimum absolute atomic E-state index is 0.0427. The molecule has 0 fully saturated rings. The minimum Gasteiger partial charge on any atom is -0.507 e. The van der Waals surface area contributed by atoms with Crippen LogP contribution >= 0.6 is 0 Å². The first-order valence-corrected chi connectivity index (χ1v) is 10.7. The highest BCUT2D eigenvalue weighted by Gasteiger charge is 2.37. The molecule has 3 rings (SSSR count). The summed E-state index contributed by atoms with van der Waals surface area (Å²) in [4.78, 5) is 26.5. The quantitative estimate of drug-likeness (QED) is 0.384. The summed E-state index contributed by atoms with van der Waals surface area (Å²) in [6, 6.07) is 6.40. The van der Waals surface area contributed by atoms with Crippen LogP contribution in [-0.2, 0) is 11.2 Å². The van der Waals surface area contributed by atoms with Crippen molar-refractivity contribution in [3.05, 3.63) is 63.7 Å². The number of ether oxygens (including phenoxy) is 3. The Bertz CT molecular complexity index is 1120. The molecule has 0 radical (unpaired) electrons. The number of allylic oxidation sites excluding steroid dienone is 2. The van der Waals surface area contributed by atoms with Crippen molar-refractivity contribution in [2.45, 2.75) is 52.7 Å². The van der Waals surface area contributed by atoms with Crippen molar-refractivity contribution in [3.63, 3.8) is 0 Å². The zero-order valence-electron chi connectivity index (χ0n) is 19.8. The van der Waals surface area contributed by atoms with Gasteiger partial charge in [-0.2, -0.15) is 0 Å². The molecule has 0 aromatic heterocycles. The Morgan fingerprint density at radius 3 is 2.52 bits per heavy atom. The second kappa shape index (κ2) is 9.27. The second-order valence-corrected chi connectivity index (χ2v) is 9.01. The summed E-state index contributed by atoms with van der Waals surface area (Å²) in [7, 11) is 1.19. The van der Waals surface area contributed by atoms with E-state index in [-0.39, 0.29) is 34.8 Å². The smallest absolute Gasteiger partial charge is 0.342 e. The van der Waals surface area contributed by atoms with Crippen molar-refractivity contribution in [2.75, 3.05) is 13.7 Å². The highest BCUT2D eigenvalue weighted by molar-refractivity contribution is 6.17. The predicted octanol–water partition coefficient (Wildman–Crippen LogP) is 4.14. The van der Waals surface area contributed by atoms with E-state index in [0.717, 1.165) is 11.1 Å². The lowest BCUT2D eigenvalue weighted by molar-refractivity contribution is -0.0655. The van der Waals surface area contributed by atoms with Gasteiger partial charge in [0.25, 0.3) is 0 Å². The number of carbonyl (C=O) groups excluding carboxylic acids is 2. The Hall–Kier alpha value is -3.32. The van der Waals surface area contributed by atoms with E-state index in [4.69, 9.17) is 14.2 Å². The van der Waals surface area contributed by atoms with Crippen LogP contribution in [0.1, 0.15) is 65.1 Å². The molecular weight excluding hydrogens is 424 g/mol. The number of aryl methyl sites for hydroxylation is 1. The molecule has 2 aromatic rings. The van der Waals surface area contributed by atoms with E-state index in [9.17, 15) is 19.8 Å². The molecule has 0 aliphatic carbocycles. The number of hydrogen-bond acceptors (Lipinski definition) is 7. The van der Waals surface area contributed by atoms with E-state index < -0.39 is 23.5 Å². The third-order valence-electron chi connectivity index (χ3n) is 5.50. The van der Waals surface area contributed by atoms with E-state index in [1.165, 1.54) is 13.2 Å².